The Kier molecular flexibility index (Phi) is 1.56. The molecule has 2 heterocycles. The Labute approximate surface area is 81.7 Å². The Bertz CT molecular complexity index is 448. The molecule has 0 fully saturated rings. The molecule has 1 aromatic heterocycles. The van der Waals surface area contributed by atoms with Gasteiger partial charge in [-0.05, 0) is 18.1 Å². The molecule has 1 aromatic carbocycles. The van der Waals surface area contributed by atoms with E-state index in [0.717, 1.165) is 24.2 Å². The van der Waals surface area contributed by atoms with Crippen LogP contribution in [0.5, 0.6) is 0 Å². The normalized spacial score (nSPS) is 13.7. The summed E-state index contributed by atoms with van der Waals surface area (Å²) in [6.45, 7) is 1.04. The van der Waals surface area contributed by atoms with Crippen LogP contribution in [0.15, 0.2) is 35.1 Å². The topological polar surface area (TPSA) is 38.1 Å². The predicted octanol–water partition coefficient (Wildman–Crippen LogP) is 2.31. The number of aromatic nitrogens is 1. The van der Waals surface area contributed by atoms with Gasteiger partial charge in [0, 0.05) is 23.9 Å². The van der Waals surface area contributed by atoms with Gasteiger partial charge in [-0.15, -0.1) is 0 Å². The van der Waals surface area contributed by atoms with Crippen LogP contribution in [-0.4, -0.2) is 11.7 Å². The van der Waals surface area contributed by atoms with Gasteiger partial charge in [-0.3, -0.25) is 0 Å². The Morgan fingerprint density at radius 3 is 3.14 bits per heavy atom. The first kappa shape index (κ1) is 7.62. The Morgan fingerprint density at radius 1 is 1.29 bits per heavy atom. The second kappa shape index (κ2) is 2.87. The highest BCUT2D eigenvalue weighted by Crippen LogP contribution is 2.27. The maximum absolute atomic E-state index is 4.82. The van der Waals surface area contributed by atoms with Crippen LogP contribution >= 0.6 is 0 Å². The van der Waals surface area contributed by atoms with Crippen LogP contribution in [0.25, 0.3) is 11.3 Å². The Balaban J connectivity index is 2.09. The molecule has 0 aliphatic carbocycles. The number of hydrogen-bond donors (Lipinski definition) is 1. The van der Waals surface area contributed by atoms with E-state index in [0.29, 0.717) is 0 Å². The zero-order valence-corrected chi connectivity index (χ0v) is 7.66. The first-order valence-corrected chi connectivity index (χ1v) is 4.71. The van der Waals surface area contributed by atoms with Crippen molar-refractivity contribution < 1.29 is 4.52 Å². The molecule has 2 aromatic rings. The lowest BCUT2D eigenvalue weighted by molar-refractivity contribution is 0.422. The zero-order chi connectivity index (χ0) is 9.38. The lowest BCUT2D eigenvalue weighted by Gasteiger charge is -2.01. The van der Waals surface area contributed by atoms with Crippen molar-refractivity contribution >= 4 is 5.69 Å². The SMILES string of the molecule is c1cc(-c2ccc3c(c2)NCC3)no1. The minimum Gasteiger partial charge on any atom is -0.384 e. The van der Waals surface area contributed by atoms with E-state index < -0.39 is 0 Å². The molecule has 70 valence electrons. The Hall–Kier alpha value is -1.77. The largest absolute Gasteiger partial charge is 0.384 e. The fourth-order valence-corrected chi connectivity index (χ4v) is 1.81. The van der Waals surface area contributed by atoms with E-state index in [1.54, 1.807) is 6.26 Å². The van der Waals surface area contributed by atoms with E-state index in [2.05, 4.69) is 28.7 Å². The first-order chi connectivity index (χ1) is 6.93. The second-order valence-corrected chi connectivity index (χ2v) is 3.43. The van der Waals surface area contributed by atoms with Crippen molar-refractivity contribution in [2.24, 2.45) is 0 Å². The van der Waals surface area contributed by atoms with Gasteiger partial charge >= 0.3 is 0 Å². The molecule has 3 nitrogen and oxygen atoms in total. The summed E-state index contributed by atoms with van der Waals surface area (Å²) in [5.74, 6) is 0. The van der Waals surface area contributed by atoms with Gasteiger partial charge in [0.25, 0.3) is 0 Å². The number of benzene rings is 1. The molecule has 0 saturated carbocycles. The van der Waals surface area contributed by atoms with Gasteiger partial charge < -0.3 is 9.84 Å². The molecular weight excluding hydrogens is 176 g/mol. The molecule has 0 atom stereocenters. The molecule has 1 aliphatic heterocycles. The third-order valence-corrected chi connectivity index (χ3v) is 2.55. The molecular formula is C11H10N2O. The first-order valence-electron chi connectivity index (χ1n) is 4.71. The number of nitrogens with zero attached hydrogens (tertiary/aromatic N) is 1. The molecule has 0 unspecified atom stereocenters. The smallest absolute Gasteiger partial charge is 0.124 e. The zero-order valence-electron chi connectivity index (χ0n) is 7.66. The van der Waals surface area contributed by atoms with Gasteiger partial charge in [0.1, 0.15) is 12.0 Å². The van der Waals surface area contributed by atoms with Gasteiger partial charge in [0.05, 0.1) is 0 Å². The summed E-state index contributed by atoms with van der Waals surface area (Å²) < 4.78 is 4.82. The van der Waals surface area contributed by atoms with E-state index >= 15 is 0 Å². The molecule has 1 aliphatic rings. The van der Waals surface area contributed by atoms with Crippen LogP contribution in [0.3, 0.4) is 0 Å². The van der Waals surface area contributed by atoms with Gasteiger partial charge in [0.2, 0.25) is 0 Å². The highest BCUT2D eigenvalue weighted by Gasteiger charge is 2.11. The quantitative estimate of drug-likeness (QED) is 0.742. The summed E-state index contributed by atoms with van der Waals surface area (Å²) in [6, 6.07) is 8.24. The van der Waals surface area contributed by atoms with Gasteiger partial charge in [-0.2, -0.15) is 0 Å². The molecule has 0 saturated heterocycles. The van der Waals surface area contributed by atoms with E-state index in [1.165, 1.54) is 11.3 Å². The van der Waals surface area contributed by atoms with Crippen molar-refractivity contribution in [1.29, 1.82) is 0 Å². The fraction of sp³-hybridized carbons (Fsp3) is 0.182. The van der Waals surface area contributed by atoms with E-state index in [4.69, 9.17) is 4.52 Å². The molecule has 0 spiro atoms. The fourth-order valence-electron chi connectivity index (χ4n) is 1.81. The monoisotopic (exact) mass is 186 g/mol. The molecule has 1 N–H and O–H groups in total. The van der Waals surface area contributed by atoms with Crippen LogP contribution in [0.4, 0.5) is 5.69 Å². The summed E-state index contributed by atoms with van der Waals surface area (Å²) in [5, 5.41) is 7.25. The number of fused-ring (bicyclic) bond motifs is 1. The molecule has 3 heteroatoms. The number of hydrogen-bond acceptors (Lipinski definition) is 3. The third-order valence-electron chi connectivity index (χ3n) is 2.55. The van der Waals surface area contributed by atoms with Gasteiger partial charge in [-0.25, -0.2) is 0 Å². The summed E-state index contributed by atoms with van der Waals surface area (Å²) in [4.78, 5) is 0. The summed E-state index contributed by atoms with van der Waals surface area (Å²) >= 11 is 0. The maximum atomic E-state index is 4.82. The van der Waals surface area contributed by atoms with Crippen LogP contribution in [-0.2, 0) is 6.42 Å². The highest BCUT2D eigenvalue weighted by atomic mass is 16.5. The van der Waals surface area contributed by atoms with Crippen molar-refractivity contribution in [2.45, 2.75) is 6.42 Å². The minimum atomic E-state index is 0.890. The average Bonchev–Trinajstić information content (AvgIpc) is 2.88. The van der Waals surface area contributed by atoms with Crippen molar-refractivity contribution in [2.75, 3.05) is 11.9 Å². The maximum Gasteiger partial charge on any atom is 0.124 e. The third kappa shape index (κ3) is 1.09. The van der Waals surface area contributed by atoms with Crippen LogP contribution < -0.4 is 5.32 Å². The highest BCUT2D eigenvalue weighted by molar-refractivity contribution is 5.68. The standard InChI is InChI=1S/C11H10N2O/c1-2-9(10-4-6-14-13-10)7-11-8(1)3-5-12-11/h1-2,4,6-7,12H,3,5H2. The number of anilines is 1. The van der Waals surface area contributed by atoms with Crippen LogP contribution in [0.2, 0.25) is 0 Å². The molecule has 3 rings (SSSR count). The minimum absolute atomic E-state index is 0.890. The van der Waals surface area contributed by atoms with E-state index in [1.807, 2.05) is 6.07 Å². The predicted molar refractivity (Wildman–Crippen MR) is 54.1 cm³/mol. The number of nitrogens with one attached hydrogen (secondary N) is 1. The second-order valence-electron chi connectivity index (χ2n) is 3.43. The van der Waals surface area contributed by atoms with Crippen molar-refractivity contribution in [3.8, 4) is 11.3 Å². The summed E-state index contributed by atoms with van der Waals surface area (Å²) in [6.07, 6.45) is 2.71. The molecule has 0 bridgehead atoms. The van der Waals surface area contributed by atoms with E-state index in [9.17, 15) is 0 Å². The van der Waals surface area contributed by atoms with Gasteiger partial charge in [-0.1, -0.05) is 17.3 Å². The Morgan fingerprint density at radius 2 is 2.29 bits per heavy atom. The van der Waals surface area contributed by atoms with Gasteiger partial charge in [0.15, 0.2) is 0 Å². The van der Waals surface area contributed by atoms with Crippen LogP contribution in [0, 0.1) is 0 Å². The summed E-state index contributed by atoms with van der Waals surface area (Å²) in [5.41, 5.74) is 4.61. The lowest BCUT2D eigenvalue weighted by Crippen LogP contribution is -1.90. The van der Waals surface area contributed by atoms with Crippen molar-refractivity contribution in [3.05, 3.63) is 36.1 Å². The lowest BCUT2D eigenvalue weighted by atomic mass is 10.1. The van der Waals surface area contributed by atoms with Crippen LogP contribution in [0.1, 0.15) is 5.56 Å². The number of rotatable bonds is 1. The van der Waals surface area contributed by atoms with E-state index in [-0.39, 0.29) is 0 Å². The average molecular weight is 186 g/mol. The van der Waals surface area contributed by atoms with Crippen molar-refractivity contribution in [1.82, 2.24) is 5.16 Å². The molecule has 14 heavy (non-hydrogen) atoms. The molecule has 0 radical (unpaired) electrons. The summed E-state index contributed by atoms with van der Waals surface area (Å²) in [7, 11) is 0. The molecule has 0 amide bonds. The van der Waals surface area contributed by atoms with Crippen molar-refractivity contribution in [3.63, 3.8) is 0 Å².